The first-order valence-corrected chi connectivity index (χ1v) is 11.5. The van der Waals surface area contributed by atoms with Crippen molar-refractivity contribution < 1.29 is 4.79 Å². The molecule has 1 aromatic carbocycles. The van der Waals surface area contributed by atoms with Gasteiger partial charge in [0.2, 0.25) is 5.91 Å². The average Bonchev–Trinajstić information content (AvgIpc) is 2.80. The summed E-state index contributed by atoms with van der Waals surface area (Å²) in [5.41, 5.74) is 1.24. The summed E-state index contributed by atoms with van der Waals surface area (Å²) >= 11 is 0. The highest BCUT2D eigenvalue weighted by atomic mass is 127. The van der Waals surface area contributed by atoms with Crippen LogP contribution in [0.4, 0.5) is 5.69 Å². The lowest BCUT2D eigenvalue weighted by molar-refractivity contribution is -0.131. The minimum absolute atomic E-state index is 0. The molecule has 0 unspecified atom stereocenters. The molecule has 0 radical (unpaired) electrons. The Morgan fingerprint density at radius 1 is 1.06 bits per heavy atom. The molecule has 0 spiro atoms. The third kappa shape index (κ3) is 8.14. The molecule has 0 bridgehead atoms. The summed E-state index contributed by atoms with van der Waals surface area (Å²) in [6.07, 6.45) is 4.01. The Bertz CT molecular complexity index is 670. The monoisotopic (exact) mass is 542 g/mol. The van der Waals surface area contributed by atoms with Gasteiger partial charge in [0.05, 0.1) is 0 Å². The van der Waals surface area contributed by atoms with Crippen LogP contribution in [0, 0.1) is 0 Å². The summed E-state index contributed by atoms with van der Waals surface area (Å²) in [6.45, 7) is 9.71. The van der Waals surface area contributed by atoms with E-state index in [1.807, 2.05) is 11.0 Å². The zero-order chi connectivity index (χ0) is 21.2. The van der Waals surface area contributed by atoms with Crippen LogP contribution in [0.1, 0.15) is 32.6 Å². The SMILES string of the molecule is CCCN1CCC(NC(=NC)NCCC(=O)N2CCN(c3ccccc3)CC2)CC1.I. The quantitative estimate of drug-likeness (QED) is 0.315. The molecule has 0 aromatic heterocycles. The zero-order valence-electron chi connectivity index (χ0n) is 19.1. The van der Waals surface area contributed by atoms with E-state index in [4.69, 9.17) is 0 Å². The molecule has 174 valence electrons. The number of hydrogen-bond donors (Lipinski definition) is 2. The van der Waals surface area contributed by atoms with Crippen molar-refractivity contribution in [3.05, 3.63) is 30.3 Å². The molecule has 0 atom stereocenters. The molecule has 0 aliphatic carbocycles. The average molecular weight is 543 g/mol. The first kappa shape index (κ1) is 25.7. The van der Waals surface area contributed by atoms with Crippen LogP contribution in [-0.2, 0) is 4.79 Å². The molecule has 1 amide bonds. The van der Waals surface area contributed by atoms with Gasteiger partial charge in [0.25, 0.3) is 0 Å². The summed E-state index contributed by atoms with van der Waals surface area (Å²) in [7, 11) is 1.80. The number of anilines is 1. The van der Waals surface area contributed by atoms with E-state index in [1.165, 1.54) is 18.7 Å². The lowest BCUT2D eigenvalue weighted by Crippen LogP contribution is -2.50. The van der Waals surface area contributed by atoms with Crippen LogP contribution in [0.2, 0.25) is 0 Å². The van der Waals surface area contributed by atoms with E-state index in [9.17, 15) is 4.79 Å². The van der Waals surface area contributed by atoms with Crippen molar-refractivity contribution >= 4 is 41.5 Å². The van der Waals surface area contributed by atoms with Crippen LogP contribution < -0.4 is 15.5 Å². The van der Waals surface area contributed by atoms with Gasteiger partial charge in [-0.05, 0) is 37.9 Å². The highest BCUT2D eigenvalue weighted by Gasteiger charge is 2.22. The molecule has 3 rings (SSSR count). The minimum atomic E-state index is 0. The molecular formula is C23H39IN6O. The molecule has 2 fully saturated rings. The first-order chi connectivity index (χ1) is 14.7. The topological polar surface area (TPSA) is 63.2 Å². The van der Waals surface area contributed by atoms with Crippen molar-refractivity contribution in [2.75, 3.05) is 64.3 Å². The Balaban J connectivity index is 0.00000341. The number of nitrogens with zero attached hydrogens (tertiary/aromatic N) is 4. The maximum atomic E-state index is 12.6. The molecule has 2 N–H and O–H groups in total. The van der Waals surface area contributed by atoms with Gasteiger partial charge < -0.3 is 25.3 Å². The number of likely N-dealkylation sites (tertiary alicyclic amines) is 1. The van der Waals surface area contributed by atoms with Crippen LogP contribution >= 0.6 is 24.0 Å². The lowest BCUT2D eigenvalue weighted by atomic mass is 10.1. The molecule has 8 heteroatoms. The number of hydrogen-bond acceptors (Lipinski definition) is 4. The Morgan fingerprint density at radius 2 is 1.74 bits per heavy atom. The van der Waals surface area contributed by atoms with Crippen LogP contribution in [0.15, 0.2) is 35.3 Å². The molecular weight excluding hydrogens is 503 g/mol. The molecule has 0 saturated carbocycles. The Morgan fingerprint density at radius 3 is 2.35 bits per heavy atom. The number of piperazine rings is 1. The van der Waals surface area contributed by atoms with Crippen molar-refractivity contribution in [2.24, 2.45) is 4.99 Å². The predicted molar refractivity (Wildman–Crippen MR) is 140 cm³/mol. The molecule has 2 saturated heterocycles. The number of halogens is 1. The van der Waals surface area contributed by atoms with E-state index in [-0.39, 0.29) is 29.9 Å². The van der Waals surface area contributed by atoms with Crippen molar-refractivity contribution in [3.8, 4) is 0 Å². The number of aliphatic imine (C=N–C) groups is 1. The molecule has 2 heterocycles. The Kier molecular flexibility index (Phi) is 11.4. The van der Waals surface area contributed by atoms with Gasteiger partial charge in [-0.1, -0.05) is 25.1 Å². The fourth-order valence-electron chi connectivity index (χ4n) is 4.30. The number of amides is 1. The van der Waals surface area contributed by atoms with Gasteiger partial charge in [-0.2, -0.15) is 0 Å². The minimum Gasteiger partial charge on any atom is -0.368 e. The van der Waals surface area contributed by atoms with Crippen LogP contribution in [0.25, 0.3) is 0 Å². The summed E-state index contributed by atoms with van der Waals surface area (Å²) in [6, 6.07) is 10.9. The van der Waals surface area contributed by atoms with E-state index < -0.39 is 0 Å². The standard InChI is InChI=1S/C23H38N6O.HI/c1-3-13-27-14-10-20(11-15-27)26-23(24-2)25-12-9-22(30)29-18-16-28(17-19-29)21-7-5-4-6-8-21;/h4-8,20H,3,9-19H2,1-2H3,(H2,24,25,26);1H. The van der Waals surface area contributed by atoms with Gasteiger partial charge in [-0.15, -0.1) is 24.0 Å². The maximum Gasteiger partial charge on any atom is 0.224 e. The number of carbonyl (C=O) groups excluding carboxylic acids is 1. The van der Waals surface area contributed by atoms with Crippen molar-refractivity contribution in [1.29, 1.82) is 0 Å². The lowest BCUT2D eigenvalue weighted by Gasteiger charge is -2.36. The van der Waals surface area contributed by atoms with Gasteiger partial charge in [-0.3, -0.25) is 9.79 Å². The number of carbonyl (C=O) groups is 1. The fourth-order valence-corrected chi connectivity index (χ4v) is 4.30. The largest absolute Gasteiger partial charge is 0.368 e. The smallest absolute Gasteiger partial charge is 0.224 e. The molecule has 31 heavy (non-hydrogen) atoms. The molecule has 1 aromatic rings. The third-order valence-corrected chi connectivity index (χ3v) is 6.08. The van der Waals surface area contributed by atoms with Crippen molar-refractivity contribution in [1.82, 2.24) is 20.4 Å². The summed E-state index contributed by atoms with van der Waals surface area (Å²) in [4.78, 5) is 23.8. The summed E-state index contributed by atoms with van der Waals surface area (Å²) in [5.74, 6) is 1.03. The van der Waals surface area contributed by atoms with Gasteiger partial charge in [0, 0.05) is 71.0 Å². The first-order valence-electron chi connectivity index (χ1n) is 11.5. The number of guanidine groups is 1. The number of piperidine rings is 1. The fraction of sp³-hybridized carbons (Fsp3) is 0.652. The second-order valence-electron chi connectivity index (χ2n) is 8.21. The number of benzene rings is 1. The normalized spacial score (nSPS) is 18.5. The van der Waals surface area contributed by atoms with Crippen molar-refractivity contribution in [2.45, 2.75) is 38.6 Å². The number of nitrogens with one attached hydrogen (secondary N) is 2. The van der Waals surface area contributed by atoms with E-state index in [0.29, 0.717) is 19.0 Å². The van der Waals surface area contributed by atoms with Gasteiger partial charge in [0.15, 0.2) is 5.96 Å². The maximum absolute atomic E-state index is 12.6. The Hall–Kier alpha value is -1.55. The highest BCUT2D eigenvalue weighted by Crippen LogP contribution is 2.16. The molecule has 7 nitrogen and oxygen atoms in total. The van der Waals surface area contributed by atoms with E-state index in [2.05, 4.69) is 56.6 Å². The van der Waals surface area contributed by atoms with Gasteiger partial charge in [-0.25, -0.2) is 0 Å². The molecule has 2 aliphatic heterocycles. The van der Waals surface area contributed by atoms with Crippen LogP contribution in [-0.4, -0.2) is 87.1 Å². The third-order valence-electron chi connectivity index (χ3n) is 6.08. The van der Waals surface area contributed by atoms with E-state index >= 15 is 0 Å². The summed E-state index contributed by atoms with van der Waals surface area (Å²) in [5, 5.41) is 6.85. The second-order valence-corrected chi connectivity index (χ2v) is 8.21. The van der Waals surface area contributed by atoms with Crippen LogP contribution in [0.5, 0.6) is 0 Å². The molecule has 2 aliphatic rings. The second kappa shape index (κ2) is 13.8. The zero-order valence-corrected chi connectivity index (χ0v) is 21.4. The summed E-state index contributed by atoms with van der Waals surface area (Å²) < 4.78 is 0. The predicted octanol–water partition coefficient (Wildman–Crippen LogP) is 2.38. The number of para-hydroxylation sites is 1. The van der Waals surface area contributed by atoms with Crippen molar-refractivity contribution in [3.63, 3.8) is 0 Å². The highest BCUT2D eigenvalue weighted by molar-refractivity contribution is 14.0. The van der Waals surface area contributed by atoms with Crippen LogP contribution in [0.3, 0.4) is 0 Å². The van der Waals surface area contributed by atoms with Gasteiger partial charge >= 0.3 is 0 Å². The van der Waals surface area contributed by atoms with E-state index in [1.54, 1.807) is 7.05 Å². The van der Waals surface area contributed by atoms with E-state index in [0.717, 1.165) is 58.1 Å². The number of rotatable bonds is 7. The Labute approximate surface area is 204 Å². The van der Waals surface area contributed by atoms with Gasteiger partial charge in [0.1, 0.15) is 0 Å².